The molecule has 0 aliphatic heterocycles. The van der Waals surface area contributed by atoms with Gasteiger partial charge < -0.3 is 15.0 Å². The van der Waals surface area contributed by atoms with Crippen molar-refractivity contribution in [3.63, 3.8) is 0 Å². The van der Waals surface area contributed by atoms with Crippen molar-refractivity contribution in [2.45, 2.75) is 51.8 Å². The summed E-state index contributed by atoms with van der Waals surface area (Å²) in [6.07, 6.45) is 8.36. The SMILES string of the molecule is CN=C(NCc1ccnc(OC2CCC(C)CC2)c1)N(C)Cc1ncnn1C.I. The van der Waals surface area contributed by atoms with Crippen molar-refractivity contribution in [1.82, 2.24) is 30.0 Å². The van der Waals surface area contributed by atoms with Crippen LogP contribution in [0.1, 0.15) is 44.0 Å². The van der Waals surface area contributed by atoms with Gasteiger partial charge in [-0.05, 0) is 43.2 Å². The molecule has 29 heavy (non-hydrogen) atoms. The van der Waals surface area contributed by atoms with E-state index >= 15 is 0 Å². The first-order valence-corrected chi connectivity index (χ1v) is 9.91. The molecule has 0 atom stereocenters. The maximum Gasteiger partial charge on any atom is 0.213 e. The van der Waals surface area contributed by atoms with Crippen LogP contribution in [0.5, 0.6) is 5.88 Å². The lowest BCUT2D eigenvalue weighted by Crippen LogP contribution is -2.38. The van der Waals surface area contributed by atoms with Crippen LogP contribution < -0.4 is 10.1 Å². The summed E-state index contributed by atoms with van der Waals surface area (Å²) >= 11 is 0. The van der Waals surface area contributed by atoms with Gasteiger partial charge in [0.2, 0.25) is 5.88 Å². The third-order valence-corrected chi connectivity index (χ3v) is 5.26. The number of nitrogens with zero attached hydrogens (tertiary/aromatic N) is 6. The molecule has 160 valence electrons. The Morgan fingerprint density at radius 1 is 1.31 bits per heavy atom. The summed E-state index contributed by atoms with van der Waals surface area (Å²) < 4.78 is 7.88. The number of halogens is 1. The predicted molar refractivity (Wildman–Crippen MR) is 124 cm³/mol. The molecule has 2 heterocycles. The third kappa shape index (κ3) is 6.83. The minimum Gasteiger partial charge on any atom is -0.474 e. The van der Waals surface area contributed by atoms with Gasteiger partial charge in [0.1, 0.15) is 18.3 Å². The molecule has 1 fully saturated rings. The molecule has 2 aromatic heterocycles. The molecule has 2 aromatic rings. The van der Waals surface area contributed by atoms with Crippen LogP contribution in [0.25, 0.3) is 0 Å². The first-order chi connectivity index (χ1) is 13.5. The highest BCUT2D eigenvalue weighted by Crippen LogP contribution is 2.26. The van der Waals surface area contributed by atoms with Crippen LogP contribution in [0.15, 0.2) is 29.6 Å². The van der Waals surface area contributed by atoms with Crippen LogP contribution in [0.4, 0.5) is 0 Å². The fraction of sp³-hybridized carbons (Fsp3) is 0.600. The van der Waals surface area contributed by atoms with Gasteiger partial charge in [-0.2, -0.15) is 5.10 Å². The zero-order valence-electron chi connectivity index (χ0n) is 17.7. The molecule has 0 radical (unpaired) electrons. The minimum atomic E-state index is 0. The summed E-state index contributed by atoms with van der Waals surface area (Å²) in [7, 11) is 5.65. The quantitative estimate of drug-likeness (QED) is 0.364. The Labute approximate surface area is 190 Å². The van der Waals surface area contributed by atoms with Crippen molar-refractivity contribution in [2.24, 2.45) is 18.0 Å². The molecule has 0 bridgehead atoms. The van der Waals surface area contributed by atoms with E-state index < -0.39 is 0 Å². The number of pyridine rings is 1. The molecule has 9 heteroatoms. The smallest absolute Gasteiger partial charge is 0.213 e. The molecule has 0 unspecified atom stereocenters. The van der Waals surface area contributed by atoms with E-state index in [4.69, 9.17) is 4.74 Å². The van der Waals surface area contributed by atoms with Crippen molar-refractivity contribution < 1.29 is 4.74 Å². The van der Waals surface area contributed by atoms with Crippen molar-refractivity contribution in [3.8, 4) is 5.88 Å². The summed E-state index contributed by atoms with van der Waals surface area (Å²) in [5.41, 5.74) is 1.11. The molecule has 8 nitrogen and oxygen atoms in total. The van der Waals surface area contributed by atoms with E-state index in [1.54, 1.807) is 18.1 Å². The number of ether oxygens (including phenoxy) is 1. The van der Waals surface area contributed by atoms with Crippen molar-refractivity contribution in [2.75, 3.05) is 14.1 Å². The van der Waals surface area contributed by atoms with Crippen molar-refractivity contribution >= 4 is 29.9 Å². The second-order valence-electron chi connectivity index (χ2n) is 7.56. The monoisotopic (exact) mass is 513 g/mol. The van der Waals surface area contributed by atoms with Crippen LogP contribution >= 0.6 is 24.0 Å². The third-order valence-electron chi connectivity index (χ3n) is 5.26. The molecule has 3 rings (SSSR count). The molecule has 1 aliphatic rings. The van der Waals surface area contributed by atoms with E-state index in [0.29, 0.717) is 19.0 Å². The molecule has 0 spiro atoms. The Morgan fingerprint density at radius 3 is 2.72 bits per heavy atom. The fourth-order valence-corrected chi connectivity index (χ4v) is 3.46. The van der Waals surface area contributed by atoms with Crippen molar-refractivity contribution in [1.29, 1.82) is 0 Å². The summed E-state index contributed by atoms with van der Waals surface area (Å²) in [4.78, 5) is 15.0. The van der Waals surface area contributed by atoms with Gasteiger partial charge in [0.15, 0.2) is 5.96 Å². The Bertz CT molecular complexity index is 787. The van der Waals surface area contributed by atoms with Crippen LogP contribution in [0.2, 0.25) is 0 Å². The van der Waals surface area contributed by atoms with Crippen LogP contribution in [0, 0.1) is 5.92 Å². The topological polar surface area (TPSA) is 80.5 Å². The van der Waals surface area contributed by atoms with E-state index in [-0.39, 0.29) is 30.1 Å². The molecular formula is C20H32IN7O. The highest BCUT2D eigenvalue weighted by Gasteiger charge is 2.20. The molecule has 0 amide bonds. The maximum atomic E-state index is 6.11. The summed E-state index contributed by atoms with van der Waals surface area (Å²) in [5, 5.41) is 7.50. The lowest BCUT2D eigenvalue weighted by molar-refractivity contribution is 0.130. The largest absolute Gasteiger partial charge is 0.474 e. The van der Waals surface area contributed by atoms with E-state index in [1.165, 1.54) is 12.8 Å². The number of aliphatic imine (C=N–C) groups is 1. The highest BCUT2D eigenvalue weighted by atomic mass is 127. The number of rotatable bonds is 6. The van der Waals surface area contributed by atoms with Crippen LogP contribution in [0.3, 0.4) is 0 Å². The van der Waals surface area contributed by atoms with Gasteiger partial charge >= 0.3 is 0 Å². The fourth-order valence-electron chi connectivity index (χ4n) is 3.46. The maximum absolute atomic E-state index is 6.11. The van der Waals surface area contributed by atoms with Gasteiger partial charge in [-0.1, -0.05) is 6.92 Å². The Balaban J connectivity index is 0.00000300. The second-order valence-corrected chi connectivity index (χ2v) is 7.56. The zero-order valence-corrected chi connectivity index (χ0v) is 20.0. The molecule has 1 aliphatic carbocycles. The van der Waals surface area contributed by atoms with E-state index in [0.717, 1.165) is 36.1 Å². The summed E-state index contributed by atoms with van der Waals surface area (Å²) in [6.45, 7) is 3.59. The van der Waals surface area contributed by atoms with E-state index in [9.17, 15) is 0 Å². The summed E-state index contributed by atoms with van der Waals surface area (Å²) in [5.74, 6) is 3.20. The summed E-state index contributed by atoms with van der Waals surface area (Å²) in [6, 6.07) is 4.01. The van der Waals surface area contributed by atoms with E-state index in [1.807, 2.05) is 37.3 Å². The van der Waals surface area contributed by atoms with Gasteiger partial charge in [0, 0.05) is 40.0 Å². The van der Waals surface area contributed by atoms with Gasteiger partial charge in [-0.3, -0.25) is 9.67 Å². The highest BCUT2D eigenvalue weighted by molar-refractivity contribution is 14.0. The lowest BCUT2D eigenvalue weighted by atomic mass is 9.89. The number of hydrogen-bond acceptors (Lipinski definition) is 5. The molecule has 0 aromatic carbocycles. The predicted octanol–water partition coefficient (Wildman–Crippen LogP) is 2.99. The lowest BCUT2D eigenvalue weighted by Gasteiger charge is -2.26. The molecule has 0 saturated heterocycles. The van der Waals surface area contributed by atoms with Gasteiger partial charge in [-0.15, -0.1) is 24.0 Å². The molecule has 1 saturated carbocycles. The van der Waals surface area contributed by atoms with Crippen LogP contribution in [-0.4, -0.2) is 50.8 Å². The minimum absolute atomic E-state index is 0. The average molecular weight is 513 g/mol. The molecule has 1 N–H and O–H groups in total. The number of nitrogens with one attached hydrogen (secondary N) is 1. The zero-order chi connectivity index (χ0) is 19.9. The standard InChI is InChI=1S/C20H31N7O.HI/c1-15-5-7-17(8-6-15)28-19-11-16(9-10-22-19)12-23-20(21-2)26(3)13-18-24-14-25-27(18)4;/h9-11,14-15,17H,5-8,12-13H2,1-4H3,(H,21,23);1H. The number of guanidine groups is 1. The van der Waals surface area contributed by atoms with Gasteiger partial charge in [0.25, 0.3) is 0 Å². The normalized spacial score (nSPS) is 19.4. The van der Waals surface area contributed by atoms with Gasteiger partial charge in [-0.25, -0.2) is 9.97 Å². The second kappa shape index (κ2) is 11.3. The van der Waals surface area contributed by atoms with Crippen LogP contribution in [-0.2, 0) is 20.1 Å². The Kier molecular flexibility index (Phi) is 9.12. The van der Waals surface area contributed by atoms with Crippen molar-refractivity contribution in [3.05, 3.63) is 36.0 Å². The number of aryl methyl sites for hydroxylation is 1. The van der Waals surface area contributed by atoms with Gasteiger partial charge in [0.05, 0.1) is 6.54 Å². The Hall–Kier alpha value is -1.91. The average Bonchev–Trinajstić information content (AvgIpc) is 3.09. The first kappa shape index (κ1) is 23.4. The first-order valence-electron chi connectivity index (χ1n) is 9.91. The number of aromatic nitrogens is 4. The molecular weight excluding hydrogens is 481 g/mol. The Morgan fingerprint density at radius 2 is 2.07 bits per heavy atom. The number of hydrogen-bond donors (Lipinski definition) is 1. The van der Waals surface area contributed by atoms with E-state index in [2.05, 4.69) is 32.3 Å².